The van der Waals surface area contributed by atoms with E-state index in [2.05, 4.69) is 41.6 Å². The van der Waals surface area contributed by atoms with E-state index < -0.39 is 0 Å². The van der Waals surface area contributed by atoms with E-state index in [1.54, 1.807) is 14.2 Å². The van der Waals surface area contributed by atoms with Gasteiger partial charge in [0, 0.05) is 44.1 Å². The van der Waals surface area contributed by atoms with Gasteiger partial charge in [-0.1, -0.05) is 38.8 Å². The number of nitrogens with zero attached hydrogens (tertiary/aromatic N) is 2. The highest BCUT2D eigenvalue weighted by Gasteiger charge is 2.32. The number of likely N-dealkylation sites (tertiary alicyclic amines) is 1. The van der Waals surface area contributed by atoms with Crippen LogP contribution in [0.15, 0.2) is 29.3 Å². The van der Waals surface area contributed by atoms with Gasteiger partial charge in [-0.2, -0.15) is 0 Å². The molecular weight excluding hydrogens is 364 g/mol. The second-order valence-electron chi connectivity index (χ2n) is 8.93. The van der Waals surface area contributed by atoms with Crippen molar-refractivity contribution in [2.24, 2.45) is 10.9 Å². The average Bonchev–Trinajstić information content (AvgIpc) is 3.43. The van der Waals surface area contributed by atoms with Gasteiger partial charge in [0.2, 0.25) is 5.91 Å². The molecular formula is C23H36N4O2. The highest BCUT2D eigenvalue weighted by molar-refractivity contribution is 5.81. The van der Waals surface area contributed by atoms with Crippen molar-refractivity contribution in [1.29, 1.82) is 0 Å². The topological polar surface area (TPSA) is 66.0 Å². The summed E-state index contributed by atoms with van der Waals surface area (Å²) < 4.78 is 5.26. The number of carbonyl (C=O) groups is 1. The van der Waals surface area contributed by atoms with Crippen molar-refractivity contribution < 1.29 is 9.53 Å². The Morgan fingerprint density at radius 2 is 1.90 bits per heavy atom. The van der Waals surface area contributed by atoms with Gasteiger partial charge >= 0.3 is 0 Å². The molecule has 6 nitrogen and oxygen atoms in total. The van der Waals surface area contributed by atoms with Gasteiger partial charge in [0.1, 0.15) is 5.75 Å². The predicted octanol–water partition coefficient (Wildman–Crippen LogP) is 2.93. The Hall–Kier alpha value is -2.24. The first-order chi connectivity index (χ1) is 13.9. The predicted molar refractivity (Wildman–Crippen MR) is 117 cm³/mol. The molecule has 1 amide bonds. The zero-order valence-corrected chi connectivity index (χ0v) is 18.3. The maximum absolute atomic E-state index is 12.7. The van der Waals surface area contributed by atoms with Crippen molar-refractivity contribution in [3.63, 3.8) is 0 Å². The number of nitrogens with one attached hydrogen (secondary N) is 2. The average molecular weight is 401 g/mol. The van der Waals surface area contributed by atoms with Gasteiger partial charge in [0.15, 0.2) is 5.96 Å². The third-order valence-electron chi connectivity index (χ3n) is 6.34. The molecule has 0 aromatic heterocycles. The Morgan fingerprint density at radius 3 is 2.52 bits per heavy atom. The summed E-state index contributed by atoms with van der Waals surface area (Å²) in [6.45, 7) is 6.81. The zero-order valence-electron chi connectivity index (χ0n) is 18.3. The lowest BCUT2D eigenvalue weighted by atomic mass is 9.84. The molecule has 160 valence electrons. The molecule has 1 aromatic rings. The lowest BCUT2D eigenvalue weighted by Crippen LogP contribution is -2.48. The summed E-state index contributed by atoms with van der Waals surface area (Å²) in [5, 5.41) is 6.98. The molecule has 1 saturated carbocycles. The second-order valence-corrected chi connectivity index (χ2v) is 8.93. The number of rotatable bonds is 6. The molecule has 1 atom stereocenters. The van der Waals surface area contributed by atoms with Gasteiger partial charge in [-0.15, -0.1) is 0 Å². The normalized spacial score (nSPS) is 20.8. The van der Waals surface area contributed by atoms with Crippen LogP contribution in [-0.2, 0) is 10.2 Å². The number of guanidine groups is 1. The highest BCUT2D eigenvalue weighted by Crippen LogP contribution is 2.28. The number of benzene rings is 1. The lowest BCUT2D eigenvalue weighted by molar-refractivity contribution is -0.134. The molecule has 0 spiro atoms. The zero-order chi connectivity index (χ0) is 20.9. The molecule has 0 bridgehead atoms. The minimum Gasteiger partial charge on any atom is -0.497 e. The van der Waals surface area contributed by atoms with Crippen LogP contribution in [0, 0.1) is 5.92 Å². The summed E-state index contributed by atoms with van der Waals surface area (Å²) in [5.74, 6) is 2.28. The Labute approximate surface area is 175 Å². The van der Waals surface area contributed by atoms with E-state index in [9.17, 15) is 4.79 Å². The first-order valence-electron chi connectivity index (χ1n) is 10.8. The van der Waals surface area contributed by atoms with Crippen LogP contribution in [0.5, 0.6) is 5.75 Å². The van der Waals surface area contributed by atoms with E-state index in [0.29, 0.717) is 5.91 Å². The Balaban J connectivity index is 1.49. The Bertz CT molecular complexity index is 708. The molecule has 3 rings (SSSR count). The van der Waals surface area contributed by atoms with Crippen molar-refractivity contribution in [2.75, 3.05) is 33.8 Å². The largest absolute Gasteiger partial charge is 0.497 e. The van der Waals surface area contributed by atoms with E-state index in [1.165, 1.54) is 18.4 Å². The fraction of sp³-hybridized carbons (Fsp3) is 0.652. The maximum Gasteiger partial charge on any atom is 0.225 e. The van der Waals surface area contributed by atoms with Crippen molar-refractivity contribution in [3.05, 3.63) is 29.8 Å². The molecule has 1 aromatic carbocycles. The number of amides is 1. The van der Waals surface area contributed by atoms with E-state index >= 15 is 0 Å². The van der Waals surface area contributed by atoms with Crippen LogP contribution in [0.2, 0.25) is 0 Å². The monoisotopic (exact) mass is 400 g/mol. The summed E-state index contributed by atoms with van der Waals surface area (Å²) in [4.78, 5) is 19.1. The van der Waals surface area contributed by atoms with Crippen molar-refractivity contribution in [2.45, 2.75) is 57.4 Å². The number of hydrogen-bond acceptors (Lipinski definition) is 3. The summed E-state index contributed by atoms with van der Waals surface area (Å²) in [6, 6.07) is 8.48. The SMILES string of the molecule is CN=C(NCC(C)(C)c1ccc(OC)cc1)NC1CCN(C(=O)C2CCCC2)C1. The Kier molecular flexibility index (Phi) is 7.04. The molecule has 1 unspecified atom stereocenters. The highest BCUT2D eigenvalue weighted by atomic mass is 16.5. The summed E-state index contributed by atoms with van der Waals surface area (Å²) in [6.07, 6.45) is 5.51. The first kappa shape index (κ1) is 21.5. The molecule has 0 radical (unpaired) electrons. The minimum atomic E-state index is -0.0515. The molecule has 2 N–H and O–H groups in total. The van der Waals surface area contributed by atoms with Crippen LogP contribution < -0.4 is 15.4 Å². The summed E-state index contributed by atoms with van der Waals surface area (Å²) in [5.41, 5.74) is 1.19. The molecule has 29 heavy (non-hydrogen) atoms. The van der Waals surface area contributed by atoms with Gasteiger partial charge in [-0.05, 0) is 37.0 Å². The standard InChI is InChI=1S/C23H36N4O2/c1-23(2,18-9-11-20(29-4)12-10-18)16-25-22(24-3)26-19-13-14-27(15-19)21(28)17-7-5-6-8-17/h9-12,17,19H,5-8,13-16H2,1-4H3,(H2,24,25,26). The number of carbonyl (C=O) groups excluding carboxylic acids is 1. The second kappa shape index (κ2) is 9.51. The van der Waals surface area contributed by atoms with Crippen LogP contribution >= 0.6 is 0 Å². The third kappa shape index (κ3) is 5.43. The fourth-order valence-corrected chi connectivity index (χ4v) is 4.35. The molecule has 1 aliphatic carbocycles. The fourth-order valence-electron chi connectivity index (χ4n) is 4.35. The van der Waals surface area contributed by atoms with Gasteiger partial charge in [-0.3, -0.25) is 9.79 Å². The third-order valence-corrected chi connectivity index (χ3v) is 6.34. The van der Waals surface area contributed by atoms with Gasteiger partial charge < -0.3 is 20.3 Å². The van der Waals surface area contributed by atoms with Gasteiger partial charge in [0.05, 0.1) is 7.11 Å². The van der Waals surface area contributed by atoms with Crippen molar-refractivity contribution >= 4 is 11.9 Å². The smallest absolute Gasteiger partial charge is 0.225 e. The van der Waals surface area contributed by atoms with E-state index in [0.717, 1.165) is 50.6 Å². The van der Waals surface area contributed by atoms with Crippen molar-refractivity contribution in [1.82, 2.24) is 15.5 Å². The molecule has 1 heterocycles. The van der Waals surface area contributed by atoms with E-state index in [1.807, 2.05) is 17.0 Å². The minimum absolute atomic E-state index is 0.0515. The molecule has 2 aliphatic rings. The van der Waals surface area contributed by atoms with Gasteiger partial charge in [-0.25, -0.2) is 0 Å². The molecule has 1 saturated heterocycles. The quantitative estimate of drug-likeness (QED) is 0.569. The molecule has 1 aliphatic heterocycles. The lowest BCUT2D eigenvalue weighted by Gasteiger charge is -2.28. The van der Waals surface area contributed by atoms with E-state index in [4.69, 9.17) is 4.74 Å². The number of hydrogen-bond donors (Lipinski definition) is 2. The number of ether oxygens (including phenoxy) is 1. The maximum atomic E-state index is 12.7. The number of aliphatic imine (C=N–C) groups is 1. The van der Waals surface area contributed by atoms with Crippen LogP contribution in [0.1, 0.15) is 51.5 Å². The summed E-state index contributed by atoms with van der Waals surface area (Å²) in [7, 11) is 3.48. The van der Waals surface area contributed by atoms with Crippen LogP contribution in [0.4, 0.5) is 0 Å². The number of methoxy groups -OCH3 is 1. The van der Waals surface area contributed by atoms with Crippen LogP contribution in [-0.4, -0.2) is 56.6 Å². The molecule has 6 heteroatoms. The first-order valence-corrected chi connectivity index (χ1v) is 10.8. The van der Waals surface area contributed by atoms with Crippen molar-refractivity contribution in [3.8, 4) is 5.75 Å². The van der Waals surface area contributed by atoms with Crippen LogP contribution in [0.25, 0.3) is 0 Å². The van der Waals surface area contributed by atoms with E-state index in [-0.39, 0.29) is 17.4 Å². The van der Waals surface area contributed by atoms with Gasteiger partial charge in [0.25, 0.3) is 0 Å². The van der Waals surface area contributed by atoms with Crippen LogP contribution in [0.3, 0.4) is 0 Å². The Morgan fingerprint density at radius 1 is 1.21 bits per heavy atom. The summed E-state index contributed by atoms with van der Waals surface area (Å²) >= 11 is 0. The molecule has 2 fully saturated rings.